The molecule has 0 aromatic heterocycles. The van der Waals surface area contributed by atoms with Gasteiger partial charge >= 0.3 is 0 Å². The second-order valence-electron chi connectivity index (χ2n) is 1.30. The van der Waals surface area contributed by atoms with E-state index in [1.54, 1.807) is 0 Å². The molecule has 0 N–H and O–H groups in total. The quantitative estimate of drug-likeness (QED) is 0.588. The van der Waals surface area contributed by atoms with Crippen LogP contribution in [0.3, 0.4) is 0 Å². The van der Waals surface area contributed by atoms with Crippen LogP contribution >= 0.6 is 29.4 Å². The highest BCUT2D eigenvalue weighted by Crippen LogP contribution is 2.05. The number of hydrogen-bond donors (Lipinski definition) is 0. The zero-order chi connectivity index (χ0) is 5.11. The Morgan fingerprint density at radius 1 is 1.00 bits per heavy atom. The van der Waals surface area contributed by atoms with Gasteiger partial charge in [0.2, 0.25) is 0 Å². The summed E-state index contributed by atoms with van der Waals surface area (Å²) >= 11 is 3.31. The van der Waals surface area contributed by atoms with Crippen LogP contribution in [0.15, 0.2) is 34.8 Å². The van der Waals surface area contributed by atoms with Crippen molar-refractivity contribution in [3.8, 4) is 0 Å². The zero-order valence-electron chi connectivity index (χ0n) is 4.17. The van der Waals surface area contributed by atoms with Crippen LogP contribution in [0, 0.1) is 0 Å². The minimum absolute atomic E-state index is 0. The molecule has 1 aromatic carbocycles. The van der Waals surface area contributed by atoms with Crippen LogP contribution in [0.5, 0.6) is 0 Å². The van der Waals surface area contributed by atoms with Gasteiger partial charge < -0.3 is 0 Å². The minimum atomic E-state index is 0. The van der Waals surface area contributed by atoms with E-state index >= 15 is 0 Å². The lowest BCUT2D eigenvalue weighted by Crippen LogP contribution is -1.55. The maximum absolute atomic E-state index is 3.31. The minimum Gasteiger partial charge on any atom is -0.0622 e. The first-order valence-electron chi connectivity index (χ1n) is 2.10. The van der Waals surface area contributed by atoms with Gasteiger partial charge in [-0.1, -0.05) is 34.1 Å². The molecule has 1 aromatic rings. The van der Waals surface area contributed by atoms with Crippen molar-refractivity contribution in [2.75, 3.05) is 0 Å². The van der Waals surface area contributed by atoms with Gasteiger partial charge in [0.15, 0.2) is 0 Å². The molecule has 0 heterocycles. The van der Waals surface area contributed by atoms with E-state index < -0.39 is 0 Å². The van der Waals surface area contributed by atoms with Gasteiger partial charge in [-0.15, -0.1) is 0 Å². The molecule has 0 bridgehead atoms. The number of benzene rings is 1. The fourth-order valence-corrected chi connectivity index (χ4v) is 0.720. The molecule has 0 aliphatic carbocycles. The highest BCUT2D eigenvalue weighted by molar-refractivity contribution is 9.10. The van der Waals surface area contributed by atoms with Gasteiger partial charge in [-0.3, -0.25) is 0 Å². The first-order chi connectivity index (χ1) is 3.39. The van der Waals surface area contributed by atoms with E-state index in [-0.39, 0.29) is 13.5 Å². The summed E-state index contributed by atoms with van der Waals surface area (Å²) in [4.78, 5) is 0. The number of halogens is 1. The topological polar surface area (TPSA) is 0 Å². The van der Waals surface area contributed by atoms with Crippen LogP contribution in [-0.2, 0) is 0 Å². The van der Waals surface area contributed by atoms with E-state index in [0.29, 0.717) is 0 Å². The molecule has 0 nitrogen and oxygen atoms in total. The van der Waals surface area contributed by atoms with Crippen molar-refractivity contribution in [1.82, 2.24) is 0 Å². The van der Waals surface area contributed by atoms with Gasteiger partial charge in [-0.25, -0.2) is 0 Å². The fraction of sp³-hybridized carbons (Fsp3) is 0. The predicted octanol–water partition coefficient (Wildman–Crippen LogP) is 3.10. The summed E-state index contributed by atoms with van der Waals surface area (Å²) in [6, 6.07) is 9.97. The van der Waals surface area contributed by atoms with E-state index in [1.165, 1.54) is 0 Å². The average Bonchev–Trinajstić information content (AvgIpc) is 1.69. The van der Waals surface area contributed by atoms with Crippen molar-refractivity contribution in [2.24, 2.45) is 0 Å². The molecule has 2 heteroatoms. The SMILES string of the molecule is Brc1ccccc1.[S]. The second kappa shape index (κ2) is 3.98. The Kier molecular flexibility index (Phi) is 4.01. The lowest BCUT2D eigenvalue weighted by molar-refractivity contribution is 1.66. The van der Waals surface area contributed by atoms with Gasteiger partial charge in [-0.2, -0.15) is 0 Å². The van der Waals surface area contributed by atoms with Crippen molar-refractivity contribution in [2.45, 2.75) is 0 Å². The molecular weight excluding hydrogens is 184 g/mol. The van der Waals surface area contributed by atoms with Gasteiger partial charge in [0.25, 0.3) is 0 Å². The van der Waals surface area contributed by atoms with E-state index in [2.05, 4.69) is 15.9 Å². The van der Waals surface area contributed by atoms with Crippen molar-refractivity contribution in [1.29, 1.82) is 0 Å². The van der Waals surface area contributed by atoms with E-state index in [4.69, 9.17) is 0 Å². The Morgan fingerprint density at radius 2 is 1.50 bits per heavy atom. The highest BCUT2D eigenvalue weighted by atomic mass is 79.9. The molecule has 0 atom stereocenters. The van der Waals surface area contributed by atoms with Gasteiger partial charge in [0.1, 0.15) is 0 Å². The molecular formula is C6H5BrS. The molecule has 0 aliphatic rings. The van der Waals surface area contributed by atoms with Crippen LogP contribution in [-0.4, -0.2) is 0 Å². The fourth-order valence-electron chi connectivity index (χ4n) is 0.415. The molecule has 1 rings (SSSR count). The Bertz CT molecular complexity index is 138. The van der Waals surface area contributed by atoms with Crippen LogP contribution in [0.2, 0.25) is 0 Å². The summed E-state index contributed by atoms with van der Waals surface area (Å²) in [5.41, 5.74) is 0. The molecule has 42 valence electrons. The molecule has 0 saturated heterocycles. The summed E-state index contributed by atoms with van der Waals surface area (Å²) in [6.45, 7) is 0. The van der Waals surface area contributed by atoms with Crippen LogP contribution in [0.1, 0.15) is 0 Å². The van der Waals surface area contributed by atoms with E-state index in [1.807, 2.05) is 30.3 Å². The summed E-state index contributed by atoms with van der Waals surface area (Å²) in [7, 11) is 0. The first-order valence-corrected chi connectivity index (χ1v) is 2.89. The maximum Gasteiger partial charge on any atom is 0.0175 e. The Hall–Kier alpha value is 0.0500. The Balaban J connectivity index is 0.000000490. The highest BCUT2D eigenvalue weighted by Gasteiger charge is 1.74. The van der Waals surface area contributed by atoms with Gasteiger partial charge in [0.05, 0.1) is 0 Å². The lowest BCUT2D eigenvalue weighted by Gasteiger charge is -1.80. The van der Waals surface area contributed by atoms with Crippen molar-refractivity contribution in [3.63, 3.8) is 0 Å². The molecule has 0 fully saturated rings. The van der Waals surface area contributed by atoms with Crippen LogP contribution < -0.4 is 0 Å². The molecule has 0 saturated carbocycles. The molecule has 0 spiro atoms. The van der Waals surface area contributed by atoms with Crippen LogP contribution in [0.25, 0.3) is 0 Å². The van der Waals surface area contributed by atoms with Crippen molar-refractivity contribution < 1.29 is 0 Å². The van der Waals surface area contributed by atoms with Gasteiger partial charge in [0, 0.05) is 18.0 Å². The third-order valence-corrected chi connectivity index (χ3v) is 1.26. The second-order valence-corrected chi connectivity index (χ2v) is 2.21. The third kappa shape index (κ3) is 2.38. The largest absolute Gasteiger partial charge is 0.0622 e. The monoisotopic (exact) mass is 188 g/mol. The predicted molar refractivity (Wildman–Crippen MR) is 41.7 cm³/mol. The third-order valence-electron chi connectivity index (χ3n) is 0.733. The molecule has 0 aliphatic heterocycles. The normalized spacial score (nSPS) is 7.62. The van der Waals surface area contributed by atoms with Crippen LogP contribution in [0.4, 0.5) is 0 Å². The van der Waals surface area contributed by atoms with E-state index in [9.17, 15) is 0 Å². The maximum atomic E-state index is 3.31. The average molecular weight is 189 g/mol. The molecule has 2 radical (unpaired) electrons. The van der Waals surface area contributed by atoms with Crippen molar-refractivity contribution in [3.05, 3.63) is 34.8 Å². The standard InChI is InChI=1S/C6H5Br.S/c7-6-4-2-1-3-5-6;/h1-5H;. The van der Waals surface area contributed by atoms with Crippen molar-refractivity contribution >= 4 is 29.4 Å². The smallest absolute Gasteiger partial charge is 0.0175 e. The zero-order valence-corrected chi connectivity index (χ0v) is 6.58. The lowest BCUT2D eigenvalue weighted by atomic mass is 10.4. The summed E-state index contributed by atoms with van der Waals surface area (Å²) in [5.74, 6) is 0. The first kappa shape index (κ1) is 8.05. The Labute approximate surface area is 64.5 Å². The molecule has 0 amide bonds. The van der Waals surface area contributed by atoms with E-state index in [0.717, 1.165) is 4.47 Å². The summed E-state index contributed by atoms with van der Waals surface area (Å²) in [6.07, 6.45) is 0. The van der Waals surface area contributed by atoms with Gasteiger partial charge in [-0.05, 0) is 12.1 Å². The summed E-state index contributed by atoms with van der Waals surface area (Å²) < 4.78 is 1.13. The molecule has 0 unspecified atom stereocenters. The summed E-state index contributed by atoms with van der Waals surface area (Å²) in [5, 5.41) is 0. The number of rotatable bonds is 0. The number of hydrogen-bond acceptors (Lipinski definition) is 0. The molecule has 8 heavy (non-hydrogen) atoms. The Morgan fingerprint density at radius 3 is 1.75 bits per heavy atom.